The Morgan fingerprint density at radius 2 is 1.81 bits per heavy atom. The van der Waals surface area contributed by atoms with Gasteiger partial charge in [0.2, 0.25) is 0 Å². The number of hydrogen-bond acceptors (Lipinski definition) is 3. The molecule has 0 atom stereocenters. The molecule has 2 aromatic rings. The van der Waals surface area contributed by atoms with E-state index in [0.29, 0.717) is 0 Å². The number of rotatable bonds is 4. The number of halogens is 6. The molecular weight excluding hydrogens is 426 g/mol. The van der Waals surface area contributed by atoms with Crippen LogP contribution in [0.4, 0.5) is 24.5 Å². The predicted octanol–water partition coefficient (Wildman–Crippen LogP) is 6.12. The van der Waals surface area contributed by atoms with Crippen molar-refractivity contribution in [2.45, 2.75) is 6.18 Å². The number of nitrogens with one attached hydrogen (secondary N) is 2. The molecule has 2 N–H and O–H groups in total. The molecule has 0 bridgehead atoms. The predicted molar refractivity (Wildman–Crippen MR) is 98.9 cm³/mol. The van der Waals surface area contributed by atoms with Gasteiger partial charge in [-0.3, -0.25) is 4.79 Å². The van der Waals surface area contributed by atoms with Crippen molar-refractivity contribution in [3.05, 3.63) is 68.8 Å². The normalized spacial score (nSPS) is 11.7. The number of alkyl halides is 3. The van der Waals surface area contributed by atoms with E-state index in [1.54, 1.807) is 12.1 Å². The molecule has 27 heavy (non-hydrogen) atoms. The maximum Gasteiger partial charge on any atom is 0.417 e. The molecule has 2 rings (SSSR count). The van der Waals surface area contributed by atoms with Gasteiger partial charge in [-0.25, -0.2) is 0 Å². The van der Waals surface area contributed by atoms with Gasteiger partial charge in [-0.1, -0.05) is 40.9 Å². The molecule has 0 radical (unpaired) electrons. The van der Waals surface area contributed by atoms with Crippen LogP contribution in [0.3, 0.4) is 0 Å². The second-order valence-electron chi connectivity index (χ2n) is 5.06. The van der Waals surface area contributed by atoms with Gasteiger partial charge in [-0.15, -0.1) is 0 Å². The van der Waals surface area contributed by atoms with Crippen LogP contribution in [-0.4, -0.2) is 5.91 Å². The minimum absolute atomic E-state index is 0.00642. The van der Waals surface area contributed by atoms with Gasteiger partial charge in [0, 0.05) is 11.9 Å². The SMILES string of the molecule is N#C/C(=C/Nc1ccc(Cl)c(C(F)(F)F)c1)C(=O)Nc1cccc(Cl)c1Cl. The van der Waals surface area contributed by atoms with Gasteiger partial charge in [-0.2, -0.15) is 18.4 Å². The quantitative estimate of drug-likeness (QED) is 0.450. The third-order valence-corrected chi connectivity index (χ3v) is 4.37. The molecule has 4 nitrogen and oxygen atoms in total. The van der Waals surface area contributed by atoms with E-state index >= 15 is 0 Å². The Bertz CT molecular complexity index is 953. The van der Waals surface area contributed by atoms with E-state index in [1.807, 2.05) is 0 Å². The van der Waals surface area contributed by atoms with E-state index in [4.69, 9.17) is 40.1 Å². The Morgan fingerprint density at radius 3 is 2.44 bits per heavy atom. The molecule has 0 heterocycles. The lowest BCUT2D eigenvalue weighted by molar-refractivity contribution is -0.137. The summed E-state index contributed by atoms with van der Waals surface area (Å²) in [5, 5.41) is 13.8. The molecular formula is C17H9Cl3F3N3O. The van der Waals surface area contributed by atoms with Crippen molar-refractivity contribution in [1.29, 1.82) is 5.26 Å². The Labute approximate surface area is 167 Å². The molecule has 0 spiro atoms. The smallest absolute Gasteiger partial charge is 0.360 e. The van der Waals surface area contributed by atoms with Gasteiger partial charge in [0.1, 0.15) is 11.6 Å². The Kier molecular flexibility index (Phi) is 6.60. The molecule has 0 aromatic heterocycles. The van der Waals surface area contributed by atoms with Crippen LogP contribution in [0.25, 0.3) is 0 Å². The molecule has 10 heteroatoms. The Hall–Kier alpha value is -2.40. The second-order valence-corrected chi connectivity index (χ2v) is 6.25. The number of benzene rings is 2. The van der Waals surface area contributed by atoms with E-state index in [1.165, 1.54) is 18.2 Å². The zero-order chi connectivity index (χ0) is 20.2. The summed E-state index contributed by atoms with van der Waals surface area (Å²) in [6, 6.07) is 9.27. The molecule has 0 unspecified atom stereocenters. The van der Waals surface area contributed by atoms with Crippen molar-refractivity contribution in [1.82, 2.24) is 0 Å². The topological polar surface area (TPSA) is 64.9 Å². The van der Waals surface area contributed by atoms with Crippen LogP contribution in [0, 0.1) is 11.3 Å². The molecule has 140 valence electrons. The van der Waals surface area contributed by atoms with E-state index < -0.39 is 28.2 Å². The number of hydrogen-bond donors (Lipinski definition) is 2. The number of nitriles is 1. The lowest BCUT2D eigenvalue weighted by atomic mass is 10.2. The maximum absolute atomic E-state index is 12.9. The first-order valence-corrected chi connectivity index (χ1v) is 8.25. The van der Waals surface area contributed by atoms with Crippen molar-refractivity contribution < 1.29 is 18.0 Å². The molecule has 0 saturated carbocycles. The Morgan fingerprint density at radius 1 is 1.11 bits per heavy atom. The highest BCUT2D eigenvalue weighted by atomic mass is 35.5. The zero-order valence-electron chi connectivity index (χ0n) is 13.2. The molecule has 2 aromatic carbocycles. The summed E-state index contributed by atoms with van der Waals surface area (Å²) in [6.45, 7) is 0. The summed E-state index contributed by atoms with van der Waals surface area (Å²) in [4.78, 5) is 12.2. The first kappa shape index (κ1) is 20.9. The van der Waals surface area contributed by atoms with Gasteiger partial charge >= 0.3 is 6.18 Å². The monoisotopic (exact) mass is 433 g/mol. The summed E-state index contributed by atoms with van der Waals surface area (Å²) in [5.74, 6) is -0.820. The summed E-state index contributed by atoms with van der Waals surface area (Å²) >= 11 is 17.3. The highest BCUT2D eigenvalue weighted by Gasteiger charge is 2.33. The van der Waals surface area contributed by atoms with Gasteiger partial charge in [0.25, 0.3) is 5.91 Å². The van der Waals surface area contributed by atoms with Gasteiger partial charge in [-0.05, 0) is 30.3 Å². The minimum atomic E-state index is -4.64. The standard InChI is InChI=1S/C17H9Cl3F3N3O/c18-12-5-4-10(6-11(12)17(21,22)23)25-8-9(7-24)16(27)26-14-3-1-2-13(19)15(14)20/h1-6,8,25H,(H,26,27)/b9-8-. The lowest BCUT2D eigenvalue weighted by Crippen LogP contribution is -2.15. The summed E-state index contributed by atoms with van der Waals surface area (Å²) in [5.41, 5.74) is -1.26. The number of nitrogens with zero attached hydrogens (tertiary/aromatic N) is 1. The first-order chi connectivity index (χ1) is 12.6. The van der Waals surface area contributed by atoms with Crippen LogP contribution < -0.4 is 10.6 Å². The summed E-state index contributed by atoms with van der Waals surface area (Å²) in [7, 11) is 0. The number of carbonyl (C=O) groups is 1. The highest BCUT2D eigenvalue weighted by molar-refractivity contribution is 6.44. The van der Waals surface area contributed by atoms with E-state index in [0.717, 1.165) is 18.3 Å². The average molecular weight is 435 g/mol. The van der Waals surface area contributed by atoms with Crippen LogP contribution in [0.5, 0.6) is 0 Å². The summed E-state index contributed by atoms with van der Waals surface area (Å²) < 4.78 is 38.6. The molecule has 0 saturated heterocycles. The number of amides is 1. The molecule has 1 amide bonds. The van der Waals surface area contributed by atoms with Crippen molar-refractivity contribution in [2.24, 2.45) is 0 Å². The van der Waals surface area contributed by atoms with Crippen LogP contribution in [-0.2, 0) is 11.0 Å². The van der Waals surface area contributed by atoms with Crippen molar-refractivity contribution >= 4 is 52.1 Å². The third-order valence-electron chi connectivity index (χ3n) is 3.22. The first-order valence-electron chi connectivity index (χ1n) is 7.12. The maximum atomic E-state index is 12.9. The number of anilines is 2. The van der Waals surface area contributed by atoms with Crippen LogP contribution in [0.1, 0.15) is 5.56 Å². The van der Waals surface area contributed by atoms with Gasteiger partial charge < -0.3 is 10.6 Å². The van der Waals surface area contributed by atoms with Crippen LogP contribution in [0.2, 0.25) is 15.1 Å². The van der Waals surface area contributed by atoms with E-state index in [-0.39, 0.29) is 21.4 Å². The fourth-order valence-electron chi connectivity index (χ4n) is 1.93. The van der Waals surface area contributed by atoms with E-state index in [2.05, 4.69) is 10.6 Å². The molecule has 0 fully saturated rings. The Balaban J connectivity index is 2.21. The highest BCUT2D eigenvalue weighted by Crippen LogP contribution is 2.36. The third kappa shape index (κ3) is 5.30. The number of carbonyl (C=O) groups excluding carboxylic acids is 1. The van der Waals surface area contributed by atoms with Crippen molar-refractivity contribution in [3.63, 3.8) is 0 Å². The van der Waals surface area contributed by atoms with Crippen LogP contribution in [0.15, 0.2) is 48.2 Å². The minimum Gasteiger partial charge on any atom is -0.360 e. The van der Waals surface area contributed by atoms with Crippen LogP contribution >= 0.6 is 34.8 Å². The second kappa shape index (κ2) is 8.53. The van der Waals surface area contributed by atoms with Gasteiger partial charge in [0.05, 0.1) is 26.3 Å². The zero-order valence-corrected chi connectivity index (χ0v) is 15.4. The van der Waals surface area contributed by atoms with Crippen molar-refractivity contribution in [2.75, 3.05) is 10.6 Å². The fourth-order valence-corrected chi connectivity index (χ4v) is 2.50. The van der Waals surface area contributed by atoms with Gasteiger partial charge in [0.15, 0.2) is 0 Å². The molecule has 0 aliphatic rings. The summed E-state index contributed by atoms with van der Waals surface area (Å²) in [6.07, 6.45) is -3.67. The van der Waals surface area contributed by atoms with Crippen molar-refractivity contribution in [3.8, 4) is 6.07 Å². The van der Waals surface area contributed by atoms with E-state index in [9.17, 15) is 18.0 Å². The fraction of sp³-hybridized carbons (Fsp3) is 0.0588. The molecule has 0 aliphatic carbocycles. The molecule has 0 aliphatic heterocycles. The average Bonchev–Trinajstić information content (AvgIpc) is 2.60. The largest absolute Gasteiger partial charge is 0.417 e. The lowest BCUT2D eigenvalue weighted by Gasteiger charge is -2.11.